The molecule has 2 nitrogen and oxygen atoms in total. The van der Waals surface area contributed by atoms with Crippen LogP contribution in [0.5, 0.6) is 0 Å². The average Bonchev–Trinajstić information content (AvgIpc) is 2.13. The molecular formula is C12H17NO. The first-order chi connectivity index (χ1) is 6.58. The van der Waals surface area contributed by atoms with Gasteiger partial charge in [0.25, 0.3) is 0 Å². The predicted molar refractivity (Wildman–Crippen MR) is 59.2 cm³/mol. The van der Waals surface area contributed by atoms with E-state index < -0.39 is 0 Å². The van der Waals surface area contributed by atoms with E-state index in [1.54, 1.807) is 0 Å². The Balaban J connectivity index is 2.33. The van der Waals surface area contributed by atoms with Gasteiger partial charge in [-0.15, -0.1) is 0 Å². The molecule has 0 aromatic heterocycles. The molecule has 2 heteroatoms. The first kappa shape index (κ1) is 10.8. The number of oxime groups is 1. The van der Waals surface area contributed by atoms with Crippen molar-refractivity contribution in [2.45, 2.75) is 27.4 Å². The van der Waals surface area contributed by atoms with Crippen molar-refractivity contribution in [2.75, 3.05) is 0 Å². The Hall–Kier alpha value is -1.31. The van der Waals surface area contributed by atoms with Gasteiger partial charge in [-0.05, 0) is 5.56 Å². The third kappa shape index (κ3) is 4.65. The molecule has 0 saturated heterocycles. The van der Waals surface area contributed by atoms with E-state index in [-0.39, 0.29) is 5.41 Å². The maximum Gasteiger partial charge on any atom is 0.142 e. The molecule has 14 heavy (non-hydrogen) atoms. The molecule has 0 unspecified atom stereocenters. The molecule has 0 aliphatic heterocycles. The summed E-state index contributed by atoms with van der Waals surface area (Å²) in [4.78, 5) is 5.17. The van der Waals surface area contributed by atoms with Crippen molar-refractivity contribution < 1.29 is 4.84 Å². The zero-order valence-corrected chi connectivity index (χ0v) is 9.03. The Kier molecular flexibility index (Phi) is 3.69. The molecule has 0 aliphatic carbocycles. The summed E-state index contributed by atoms with van der Waals surface area (Å²) in [5.41, 5.74) is 1.22. The first-order valence-electron chi connectivity index (χ1n) is 4.78. The molecule has 1 aromatic rings. The highest BCUT2D eigenvalue weighted by Crippen LogP contribution is 2.08. The molecule has 1 aromatic carbocycles. The van der Waals surface area contributed by atoms with Gasteiger partial charge in [0.05, 0.1) is 0 Å². The minimum absolute atomic E-state index is 0.0800. The summed E-state index contributed by atoms with van der Waals surface area (Å²) in [5, 5.41) is 3.91. The molecule has 0 atom stereocenters. The van der Waals surface area contributed by atoms with Crippen molar-refractivity contribution in [3.8, 4) is 0 Å². The van der Waals surface area contributed by atoms with Gasteiger partial charge in [-0.25, -0.2) is 0 Å². The second kappa shape index (κ2) is 4.80. The van der Waals surface area contributed by atoms with Gasteiger partial charge in [0.1, 0.15) is 6.61 Å². The summed E-state index contributed by atoms with van der Waals surface area (Å²) in [5.74, 6) is 0. The number of hydrogen-bond acceptors (Lipinski definition) is 2. The van der Waals surface area contributed by atoms with Crippen LogP contribution in [0.3, 0.4) is 0 Å². The van der Waals surface area contributed by atoms with E-state index in [4.69, 9.17) is 4.84 Å². The highest BCUT2D eigenvalue weighted by Gasteiger charge is 2.04. The maximum absolute atomic E-state index is 5.17. The largest absolute Gasteiger partial charge is 0.391 e. The second-order valence-electron chi connectivity index (χ2n) is 4.36. The maximum atomic E-state index is 5.17. The second-order valence-corrected chi connectivity index (χ2v) is 4.36. The molecule has 0 heterocycles. The molecule has 0 N–H and O–H groups in total. The van der Waals surface area contributed by atoms with Gasteiger partial charge in [-0.3, -0.25) is 0 Å². The van der Waals surface area contributed by atoms with Crippen LogP contribution in [0.2, 0.25) is 0 Å². The number of nitrogens with zero attached hydrogens (tertiary/aromatic N) is 1. The van der Waals surface area contributed by atoms with Gasteiger partial charge in [0, 0.05) is 11.6 Å². The van der Waals surface area contributed by atoms with Gasteiger partial charge < -0.3 is 4.84 Å². The molecule has 0 aliphatic rings. The third-order valence-corrected chi connectivity index (χ3v) is 1.59. The van der Waals surface area contributed by atoms with Crippen molar-refractivity contribution in [1.29, 1.82) is 0 Å². The molecule has 76 valence electrons. The highest BCUT2D eigenvalue weighted by atomic mass is 16.6. The van der Waals surface area contributed by atoms with E-state index >= 15 is 0 Å². The summed E-state index contributed by atoms with van der Waals surface area (Å²) in [7, 11) is 0. The van der Waals surface area contributed by atoms with Crippen LogP contribution in [0.25, 0.3) is 0 Å². The molecule has 0 bridgehead atoms. The Morgan fingerprint density at radius 1 is 1.21 bits per heavy atom. The van der Waals surface area contributed by atoms with Gasteiger partial charge in [-0.2, -0.15) is 0 Å². The fraction of sp³-hybridized carbons (Fsp3) is 0.417. The summed E-state index contributed by atoms with van der Waals surface area (Å²) in [6.07, 6.45) is 1.82. The molecule has 0 saturated carbocycles. The van der Waals surface area contributed by atoms with E-state index in [0.717, 1.165) is 5.56 Å². The quantitative estimate of drug-likeness (QED) is 0.531. The van der Waals surface area contributed by atoms with Crippen LogP contribution in [0.15, 0.2) is 35.5 Å². The lowest BCUT2D eigenvalue weighted by Crippen LogP contribution is -2.06. The number of hydrogen-bond donors (Lipinski definition) is 0. The van der Waals surface area contributed by atoms with Crippen molar-refractivity contribution in [3.05, 3.63) is 35.9 Å². The van der Waals surface area contributed by atoms with Gasteiger partial charge >= 0.3 is 0 Å². The smallest absolute Gasteiger partial charge is 0.142 e. The fourth-order valence-electron chi connectivity index (χ4n) is 0.881. The zero-order chi connectivity index (χ0) is 10.4. The van der Waals surface area contributed by atoms with Crippen LogP contribution < -0.4 is 0 Å². The highest BCUT2D eigenvalue weighted by molar-refractivity contribution is 5.63. The van der Waals surface area contributed by atoms with Crippen LogP contribution in [0.1, 0.15) is 26.3 Å². The van der Waals surface area contributed by atoms with Crippen LogP contribution in [-0.4, -0.2) is 6.21 Å². The van der Waals surface area contributed by atoms with Crippen LogP contribution >= 0.6 is 0 Å². The molecule has 0 fully saturated rings. The lowest BCUT2D eigenvalue weighted by molar-refractivity contribution is 0.129. The van der Waals surface area contributed by atoms with Gasteiger partial charge in [0.2, 0.25) is 0 Å². The SMILES string of the molecule is CC(C)(C)C=NOCc1ccccc1. The molecule has 1 rings (SSSR count). The normalized spacial score (nSPS) is 11.9. The number of rotatable bonds is 3. The van der Waals surface area contributed by atoms with E-state index in [0.29, 0.717) is 6.61 Å². The summed E-state index contributed by atoms with van der Waals surface area (Å²) < 4.78 is 0. The zero-order valence-electron chi connectivity index (χ0n) is 9.03. The Bertz CT molecular complexity index is 285. The van der Waals surface area contributed by atoms with Crippen molar-refractivity contribution in [3.63, 3.8) is 0 Å². The number of benzene rings is 1. The van der Waals surface area contributed by atoms with Crippen molar-refractivity contribution in [2.24, 2.45) is 10.6 Å². The summed E-state index contributed by atoms with van der Waals surface area (Å²) in [6.45, 7) is 6.79. The van der Waals surface area contributed by atoms with E-state index in [1.807, 2.05) is 36.5 Å². The first-order valence-corrected chi connectivity index (χ1v) is 4.78. The minimum atomic E-state index is 0.0800. The van der Waals surface area contributed by atoms with Crippen molar-refractivity contribution >= 4 is 6.21 Å². The van der Waals surface area contributed by atoms with Crippen molar-refractivity contribution in [1.82, 2.24) is 0 Å². The van der Waals surface area contributed by atoms with E-state index in [9.17, 15) is 0 Å². The Morgan fingerprint density at radius 3 is 2.43 bits per heavy atom. The lowest BCUT2D eigenvalue weighted by Gasteiger charge is -2.09. The van der Waals surface area contributed by atoms with Gasteiger partial charge in [-0.1, -0.05) is 56.3 Å². The van der Waals surface area contributed by atoms with Gasteiger partial charge in [0.15, 0.2) is 0 Å². The Labute approximate surface area is 85.6 Å². The van der Waals surface area contributed by atoms with Crippen LogP contribution in [-0.2, 0) is 11.4 Å². The lowest BCUT2D eigenvalue weighted by atomic mass is 10.00. The molecular weight excluding hydrogens is 174 g/mol. The van der Waals surface area contributed by atoms with Crippen LogP contribution in [0.4, 0.5) is 0 Å². The summed E-state index contributed by atoms with van der Waals surface area (Å²) in [6, 6.07) is 10.0. The summed E-state index contributed by atoms with van der Waals surface area (Å²) >= 11 is 0. The predicted octanol–water partition coefficient (Wildman–Crippen LogP) is 3.24. The topological polar surface area (TPSA) is 21.6 Å². The van der Waals surface area contributed by atoms with Crippen LogP contribution in [0, 0.1) is 5.41 Å². The third-order valence-electron chi connectivity index (χ3n) is 1.59. The van der Waals surface area contributed by atoms with E-state index in [2.05, 4.69) is 25.9 Å². The monoisotopic (exact) mass is 191 g/mol. The fourth-order valence-corrected chi connectivity index (χ4v) is 0.881. The minimum Gasteiger partial charge on any atom is -0.391 e. The molecule has 0 spiro atoms. The molecule has 0 amide bonds. The standard InChI is InChI=1S/C12H17NO/c1-12(2,3)10-13-14-9-11-7-5-4-6-8-11/h4-8,10H,9H2,1-3H3. The van der Waals surface area contributed by atoms with E-state index in [1.165, 1.54) is 0 Å². The average molecular weight is 191 g/mol. The Morgan fingerprint density at radius 2 is 1.86 bits per heavy atom. The molecule has 0 radical (unpaired) electrons.